The lowest BCUT2D eigenvalue weighted by atomic mass is 10.2. The molecule has 0 aliphatic rings. The Hall–Kier alpha value is -3.99. The summed E-state index contributed by atoms with van der Waals surface area (Å²) in [5.74, 6) is 0.263. The van der Waals surface area contributed by atoms with Crippen LogP contribution in [0.2, 0.25) is 0 Å². The van der Waals surface area contributed by atoms with E-state index in [0.29, 0.717) is 5.75 Å². The van der Waals surface area contributed by atoms with E-state index in [2.05, 4.69) is 98.7 Å². The fourth-order valence-electron chi connectivity index (χ4n) is 3.96. The van der Waals surface area contributed by atoms with Crippen LogP contribution in [-0.2, 0) is 30.5 Å². The van der Waals surface area contributed by atoms with Gasteiger partial charge in [0.1, 0.15) is 21.5 Å². The van der Waals surface area contributed by atoms with Crippen molar-refractivity contribution in [2.24, 2.45) is 0 Å². The monoisotopic (exact) mass is 636 g/mol. The number of benzene rings is 4. The molecular weight excluding hydrogens is 597 g/mol. The summed E-state index contributed by atoms with van der Waals surface area (Å²) < 4.78 is 41.8. The third-order valence-electron chi connectivity index (χ3n) is 6.01. The van der Waals surface area contributed by atoms with Crippen LogP contribution in [0.15, 0.2) is 123 Å². The molecule has 0 amide bonds. The minimum absolute atomic E-state index is 0.113. The van der Waals surface area contributed by atoms with E-state index in [1.807, 2.05) is 32.9 Å². The molecular formula is C34H40N2O6S2. The molecule has 8 nitrogen and oxygen atoms in total. The zero-order valence-electron chi connectivity index (χ0n) is 26.2. The van der Waals surface area contributed by atoms with Crippen molar-refractivity contribution in [3.05, 3.63) is 103 Å². The second-order valence-electron chi connectivity index (χ2n) is 11.2. The lowest BCUT2D eigenvalue weighted by molar-refractivity contribution is -0.157. The van der Waals surface area contributed by atoms with Crippen LogP contribution in [0.4, 0.5) is 11.4 Å². The lowest BCUT2D eigenvalue weighted by Gasteiger charge is -2.19. The molecule has 4 aromatic carbocycles. The first-order valence-corrected chi connectivity index (χ1v) is 16.5. The van der Waals surface area contributed by atoms with Gasteiger partial charge in [-0.25, -0.2) is 13.2 Å². The summed E-state index contributed by atoms with van der Waals surface area (Å²) in [6, 6.07) is 32.5. The second-order valence-corrected chi connectivity index (χ2v) is 14.6. The second kappa shape index (κ2) is 15.1. The number of hydrogen-bond acceptors (Lipinski definition) is 8. The topological polar surface area (TPSA) is 99.2 Å². The van der Waals surface area contributed by atoms with Gasteiger partial charge in [0.25, 0.3) is 0 Å². The third kappa shape index (κ3) is 10.6. The van der Waals surface area contributed by atoms with Crippen LogP contribution >= 0.6 is 0 Å². The Morgan fingerprint density at radius 1 is 0.727 bits per heavy atom. The summed E-state index contributed by atoms with van der Waals surface area (Å²) in [5.41, 5.74) is 1.80. The quantitative estimate of drug-likeness (QED) is 0.121. The van der Waals surface area contributed by atoms with Crippen LogP contribution in [0, 0.1) is 0 Å². The molecule has 0 heterocycles. The summed E-state index contributed by atoms with van der Waals surface area (Å²) in [6.45, 7) is 5.42. The fraction of sp³-hybridized carbons (Fsp3) is 0.265. The van der Waals surface area contributed by atoms with Crippen molar-refractivity contribution in [3.8, 4) is 5.75 Å². The zero-order valence-corrected chi connectivity index (χ0v) is 27.8. The molecule has 234 valence electrons. The maximum atomic E-state index is 12.0. The smallest absolute Gasteiger partial charge is 0.344 e. The van der Waals surface area contributed by atoms with Crippen LogP contribution in [0.25, 0.3) is 0 Å². The van der Waals surface area contributed by atoms with Gasteiger partial charge in [0, 0.05) is 51.7 Å². The molecule has 0 unspecified atom stereocenters. The first-order valence-electron chi connectivity index (χ1n) is 13.9. The number of carbonyl (C=O) groups excluding carboxylic acids is 1. The van der Waals surface area contributed by atoms with Gasteiger partial charge in [-0.05, 0) is 81.4 Å². The van der Waals surface area contributed by atoms with Crippen molar-refractivity contribution in [3.63, 3.8) is 0 Å². The molecule has 0 bridgehead atoms. The highest BCUT2D eigenvalue weighted by molar-refractivity contribution is 7.97. The first kappa shape index (κ1) is 34.5. The lowest BCUT2D eigenvalue weighted by Crippen LogP contribution is -2.27. The molecule has 0 fully saturated rings. The van der Waals surface area contributed by atoms with E-state index in [-0.39, 0.29) is 28.4 Å². The zero-order chi connectivity index (χ0) is 32.5. The average molecular weight is 637 g/mol. The Bertz CT molecular complexity index is 1570. The van der Waals surface area contributed by atoms with Crippen LogP contribution in [0.3, 0.4) is 0 Å². The number of nitrogens with zero attached hydrogens (tertiary/aromatic N) is 2. The highest BCUT2D eigenvalue weighted by Crippen LogP contribution is 2.35. The van der Waals surface area contributed by atoms with E-state index >= 15 is 0 Å². The molecule has 0 radical (unpaired) electrons. The molecule has 0 aliphatic carbocycles. The molecule has 0 atom stereocenters. The van der Waals surface area contributed by atoms with Gasteiger partial charge in [-0.2, -0.15) is 0 Å². The van der Waals surface area contributed by atoms with E-state index in [0.717, 1.165) is 11.4 Å². The Balaban J connectivity index is 0.000000448. The van der Waals surface area contributed by atoms with Gasteiger partial charge in [0.15, 0.2) is 21.3 Å². The van der Waals surface area contributed by atoms with Crippen LogP contribution in [-0.4, -0.2) is 59.3 Å². The van der Waals surface area contributed by atoms with Crippen molar-refractivity contribution < 1.29 is 27.2 Å². The molecule has 0 aromatic heterocycles. The van der Waals surface area contributed by atoms with Gasteiger partial charge in [-0.15, -0.1) is 0 Å². The molecule has 0 saturated carbocycles. The van der Waals surface area contributed by atoms with E-state index in [9.17, 15) is 17.8 Å². The van der Waals surface area contributed by atoms with Gasteiger partial charge in [-0.3, -0.25) is 0 Å². The Morgan fingerprint density at radius 3 is 1.64 bits per heavy atom. The summed E-state index contributed by atoms with van der Waals surface area (Å²) in [7, 11) is 3.67. The van der Waals surface area contributed by atoms with Crippen molar-refractivity contribution in [1.29, 1.82) is 0 Å². The van der Waals surface area contributed by atoms with Gasteiger partial charge in [-0.1, -0.05) is 30.3 Å². The molecule has 4 rings (SSSR count). The Morgan fingerprint density at radius 2 is 1.23 bits per heavy atom. The average Bonchev–Trinajstić information content (AvgIpc) is 2.97. The standard InChI is InChI=1S/C28H35N2O3S.C6H6O3S/c1-28(2,3)33-27(31)20-32-23-14-16-24(17-15-23)34(25-12-8-10-21(18-25)29(4)5)26-13-9-11-22(19-26)30(6)7;7-10(8,9)6-4-2-1-3-5-6/h8-19H,20H2,1-7H3;1-5H,(H,7,8,9)/q+1;/p-1. The van der Waals surface area contributed by atoms with E-state index in [1.165, 1.54) is 39.0 Å². The third-order valence-corrected chi connectivity index (χ3v) is 9.05. The number of hydrogen-bond donors (Lipinski definition) is 0. The predicted octanol–water partition coefficient (Wildman–Crippen LogP) is 6.23. The van der Waals surface area contributed by atoms with Crippen molar-refractivity contribution in [2.75, 3.05) is 44.6 Å². The number of anilines is 2. The maximum absolute atomic E-state index is 12.0. The minimum atomic E-state index is -4.25. The molecule has 10 heteroatoms. The van der Waals surface area contributed by atoms with E-state index in [1.54, 1.807) is 6.07 Å². The number of esters is 1. The molecule has 4 aromatic rings. The minimum Gasteiger partial charge on any atom is -0.744 e. The molecule has 0 N–H and O–H groups in total. The first-order chi connectivity index (χ1) is 20.6. The van der Waals surface area contributed by atoms with E-state index in [4.69, 9.17) is 9.47 Å². The summed E-state index contributed by atoms with van der Waals surface area (Å²) in [4.78, 5) is 19.7. The number of carbonyl (C=O) groups is 1. The van der Waals surface area contributed by atoms with Crippen LogP contribution < -0.4 is 14.5 Å². The Kier molecular flexibility index (Phi) is 11.9. The molecule has 44 heavy (non-hydrogen) atoms. The van der Waals surface area contributed by atoms with Crippen molar-refractivity contribution in [2.45, 2.75) is 46.0 Å². The van der Waals surface area contributed by atoms with Crippen molar-refractivity contribution >= 4 is 38.4 Å². The summed E-state index contributed by atoms with van der Waals surface area (Å²) >= 11 is 0. The number of ether oxygens (including phenoxy) is 2. The Labute approximate surface area is 264 Å². The van der Waals surface area contributed by atoms with Gasteiger partial charge in [0.05, 0.1) is 15.8 Å². The van der Waals surface area contributed by atoms with Crippen LogP contribution in [0.1, 0.15) is 20.8 Å². The van der Waals surface area contributed by atoms with Gasteiger partial charge in [0.2, 0.25) is 0 Å². The van der Waals surface area contributed by atoms with Crippen molar-refractivity contribution in [1.82, 2.24) is 0 Å². The van der Waals surface area contributed by atoms with Gasteiger partial charge < -0.3 is 23.8 Å². The summed E-state index contributed by atoms with van der Waals surface area (Å²) in [6.07, 6.45) is 0. The maximum Gasteiger partial charge on any atom is 0.344 e. The highest BCUT2D eigenvalue weighted by Gasteiger charge is 2.30. The molecule has 0 saturated heterocycles. The van der Waals surface area contributed by atoms with Crippen LogP contribution in [0.5, 0.6) is 5.75 Å². The largest absolute Gasteiger partial charge is 0.744 e. The fourth-order valence-corrected chi connectivity index (χ4v) is 6.58. The highest BCUT2D eigenvalue weighted by atomic mass is 32.2. The van der Waals surface area contributed by atoms with E-state index < -0.39 is 15.7 Å². The van der Waals surface area contributed by atoms with Gasteiger partial charge >= 0.3 is 5.97 Å². The summed E-state index contributed by atoms with van der Waals surface area (Å²) in [5, 5.41) is 0. The normalized spacial score (nSPS) is 11.3. The molecule has 0 spiro atoms. The SMILES string of the molecule is CN(C)c1cccc([S+](c2ccc(OCC(=O)OC(C)(C)C)cc2)c2cccc(N(C)C)c2)c1.O=S(=O)([O-])c1ccccc1. The number of rotatable bonds is 9. The molecule has 0 aliphatic heterocycles. The predicted molar refractivity (Wildman–Crippen MR) is 176 cm³/mol.